The SMILES string of the molecule is CCOc1cccc(Cn2c(=O)c3sccc3n(CC(=O)Nc3ccc(C)c(F)c3)c2=O)c1. The molecule has 0 fully saturated rings. The van der Waals surface area contributed by atoms with Crippen LogP contribution in [0, 0.1) is 12.7 Å². The molecule has 9 heteroatoms. The molecule has 1 amide bonds. The van der Waals surface area contributed by atoms with Gasteiger partial charge in [-0.25, -0.2) is 9.18 Å². The number of halogens is 1. The summed E-state index contributed by atoms with van der Waals surface area (Å²) in [5, 5.41) is 4.31. The molecule has 2 heterocycles. The zero-order valence-corrected chi connectivity index (χ0v) is 18.9. The lowest BCUT2D eigenvalue weighted by Crippen LogP contribution is -2.41. The first-order valence-electron chi connectivity index (χ1n) is 10.4. The smallest absolute Gasteiger partial charge is 0.332 e. The van der Waals surface area contributed by atoms with E-state index in [0.29, 0.717) is 33.8 Å². The number of aryl methyl sites for hydroxylation is 1. The van der Waals surface area contributed by atoms with Crippen molar-refractivity contribution in [3.8, 4) is 5.75 Å². The summed E-state index contributed by atoms with van der Waals surface area (Å²) in [6.45, 7) is 3.72. The van der Waals surface area contributed by atoms with Gasteiger partial charge >= 0.3 is 5.69 Å². The Morgan fingerprint density at radius 2 is 1.94 bits per heavy atom. The molecule has 0 aliphatic carbocycles. The van der Waals surface area contributed by atoms with Crippen molar-refractivity contribution in [3.05, 3.63) is 91.7 Å². The normalized spacial score (nSPS) is 11.0. The summed E-state index contributed by atoms with van der Waals surface area (Å²) in [4.78, 5) is 38.9. The average molecular weight is 468 g/mol. The van der Waals surface area contributed by atoms with Gasteiger partial charge in [-0.2, -0.15) is 0 Å². The fourth-order valence-electron chi connectivity index (χ4n) is 3.52. The van der Waals surface area contributed by atoms with E-state index in [2.05, 4.69) is 5.32 Å². The van der Waals surface area contributed by atoms with Gasteiger partial charge in [-0.15, -0.1) is 11.3 Å². The topological polar surface area (TPSA) is 82.3 Å². The van der Waals surface area contributed by atoms with E-state index >= 15 is 0 Å². The lowest BCUT2D eigenvalue weighted by molar-refractivity contribution is -0.116. The molecule has 0 atom stereocenters. The van der Waals surface area contributed by atoms with Crippen molar-refractivity contribution in [2.45, 2.75) is 26.9 Å². The molecule has 0 aliphatic heterocycles. The number of aromatic nitrogens is 2. The quantitative estimate of drug-likeness (QED) is 0.449. The number of hydrogen-bond acceptors (Lipinski definition) is 5. The number of fused-ring (bicyclic) bond motifs is 1. The van der Waals surface area contributed by atoms with Gasteiger partial charge in [0.1, 0.15) is 22.8 Å². The van der Waals surface area contributed by atoms with Crippen LogP contribution in [0.1, 0.15) is 18.1 Å². The summed E-state index contributed by atoms with van der Waals surface area (Å²) >= 11 is 1.21. The summed E-state index contributed by atoms with van der Waals surface area (Å²) < 4.78 is 22.1. The van der Waals surface area contributed by atoms with Crippen molar-refractivity contribution >= 4 is 33.1 Å². The lowest BCUT2D eigenvalue weighted by atomic mass is 10.2. The highest BCUT2D eigenvalue weighted by molar-refractivity contribution is 7.17. The van der Waals surface area contributed by atoms with Crippen LogP contribution in [0.25, 0.3) is 10.2 Å². The summed E-state index contributed by atoms with van der Waals surface area (Å²) in [6.07, 6.45) is 0. The number of nitrogens with one attached hydrogen (secondary N) is 1. The van der Waals surface area contributed by atoms with Crippen molar-refractivity contribution in [2.24, 2.45) is 0 Å². The highest BCUT2D eigenvalue weighted by Crippen LogP contribution is 2.18. The largest absolute Gasteiger partial charge is 0.494 e. The first-order valence-corrected chi connectivity index (χ1v) is 11.2. The van der Waals surface area contributed by atoms with Crippen LogP contribution in [0.5, 0.6) is 5.75 Å². The Balaban J connectivity index is 1.68. The first kappa shape index (κ1) is 22.5. The summed E-state index contributed by atoms with van der Waals surface area (Å²) in [5.74, 6) is -0.297. The maximum Gasteiger partial charge on any atom is 0.332 e. The highest BCUT2D eigenvalue weighted by Gasteiger charge is 2.17. The van der Waals surface area contributed by atoms with Crippen molar-refractivity contribution in [1.29, 1.82) is 0 Å². The summed E-state index contributed by atoms with van der Waals surface area (Å²) in [7, 11) is 0. The van der Waals surface area contributed by atoms with Crippen LogP contribution >= 0.6 is 11.3 Å². The van der Waals surface area contributed by atoms with Crippen LogP contribution < -0.4 is 21.3 Å². The standard InChI is InChI=1S/C24H22FN3O4S/c1-3-32-18-6-4-5-16(11-18)13-28-23(30)22-20(9-10-33-22)27(24(28)31)14-21(29)26-17-8-7-15(2)19(25)12-17/h4-12H,3,13-14H2,1-2H3,(H,26,29). The van der Waals surface area contributed by atoms with Gasteiger partial charge in [0.15, 0.2) is 0 Å². The Hall–Kier alpha value is -3.72. The van der Waals surface area contributed by atoms with Gasteiger partial charge in [-0.3, -0.25) is 18.7 Å². The molecule has 0 saturated heterocycles. The van der Waals surface area contributed by atoms with Crippen LogP contribution in [-0.4, -0.2) is 21.6 Å². The van der Waals surface area contributed by atoms with Gasteiger partial charge in [0.05, 0.1) is 18.7 Å². The molecule has 7 nitrogen and oxygen atoms in total. The molecular weight excluding hydrogens is 445 g/mol. The molecule has 1 N–H and O–H groups in total. The van der Waals surface area contributed by atoms with Crippen LogP contribution in [0.2, 0.25) is 0 Å². The van der Waals surface area contributed by atoms with Gasteiger partial charge in [-0.05, 0) is 60.7 Å². The monoisotopic (exact) mass is 467 g/mol. The van der Waals surface area contributed by atoms with Gasteiger partial charge in [0, 0.05) is 5.69 Å². The molecular formula is C24H22FN3O4S. The minimum atomic E-state index is -0.599. The molecule has 33 heavy (non-hydrogen) atoms. The third-order valence-corrected chi connectivity index (χ3v) is 6.04. The van der Waals surface area contributed by atoms with Crippen molar-refractivity contribution in [3.63, 3.8) is 0 Å². The molecule has 0 bridgehead atoms. The number of nitrogens with zero attached hydrogens (tertiary/aromatic N) is 2. The number of hydrogen-bond donors (Lipinski definition) is 1. The Labute approximate surface area is 192 Å². The third-order valence-electron chi connectivity index (χ3n) is 5.14. The van der Waals surface area contributed by atoms with Gasteiger partial charge in [0.2, 0.25) is 5.91 Å². The predicted octanol–water partition coefficient (Wildman–Crippen LogP) is 3.76. The minimum absolute atomic E-state index is 0.0389. The highest BCUT2D eigenvalue weighted by atomic mass is 32.1. The van der Waals surface area contributed by atoms with Crippen LogP contribution in [0.15, 0.2) is 63.5 Å². The number of thiophene rings is 1. The van der Waals surface area contributed by atoms with Crippen LogP contribution in [0.4, 0.5) is 10.1 Å². The number of ether oxygens (including phenoxy) is 1. The number of anilines is 1. The molecule has 0 radical (unpaired) electrons. The first-order chi connectivity index (χ1) is 15.9. The van der Waals surface area contributed by atoms with E-state index in [1.54, 1.807) is 54.8 Å². The Kier molecular flexibility index (Phi) is 6.41. The summed E-state index contributed by atoms with van der Waals surface area (Å²) in [5.41, 5.74) is 0.854. The molecule has 4 aromatic rings. The second-order valence-corrected chi connectivity index (χ2v) is 8.40. The molecule has 0 spiro atoms. The second-order valence-electron chi connectivity index (χ2n) is 7.49. The third kappa shape index (κ3) is 4.73. The van der Waals surface area contributed by atoms with Crippen LogP contribution in [-0.2, 0) is 17.9 Å². The lowest BCUT2D eigenvalue weighted by Gasteiger charge is -2.13. The fourth-order valence-corrected chi connectivity index (χ4v) is 4.37. The Morgan fingerprint density at radius 1 is 1.12 bits per heavy atom. The number of benzene rings is 2. The number of carbonyl (C=O) groups excluding carboxylic acids is 1. The number of carbonyl (C=O) groups is 1. The molecule has 2 aromatic carbocycles. The van der Waals surface area contributed by atoms with E-state index in [0.717, 1.165) is 10.1 Å². The molecule has 2 aromatic heterocycles. The van der Waals surface area contributed by atoms with E-state index in [4.69, 9.17) is 4.74 Å². The van der Waals surface area contributed by atoms with Crippen molar-refractivity contribution in [2.75, 3.05) is 11.9 Å². The number of amides is 1. The Morgan fingerprint density at radius 3 is 2.70 bits per heavy atom. The van der Waals surface area contributed by atoms with E-state index in [1.807, 2.05) is 6.92 Å². The second kappa shape index (κ2) is 9.41. The van der Waals surface area contributed by atoms with Crippen molar-refractivity contribution < 1.29 is 13.9 Å². The van der Waals surface area contributed by atoms with E-state index in [1.165, 1.54) is 22.0 Å². The average Bonchev–Trinajstić information content (AvgIpc) is 3.27. The van der Waals surface area contributed by atoms with Crippen LogP contribution in [0.3, 0.4) is 0 Å². The van der Waals surface area contributed by atoms with Crippen molar-refractivity contribution in [1.82, 2.24) is 9.13 Å². The van der Waals surface area contributed by atoms with E-state index < -0.39 is 23.0 Å². The molecule has 0 aliphatic rings. The molecule has 170 valence electrons. The molecule has 0 saturated carbocycles. The minimum Gasteiger partial charge on any atom is -0.494 e. The fraction of sp³-hybridized carbons (Fsp3) is 0.208. The summed E-state index contributed by atoms with van der Waals surface area (Å²) in [6, 6.07) is 13.2. The van der Waals surface area contributed by atoms with Gasteiger partial charge in [-0.1, -0.05) is 18.2 Å². The van der Waals surface area contributed by atoms with Gasteiger partial charge in [0.25, 0.3) is 5.56 Å². The van der Waals surface area contributed by atoms with Gasteiger partial charge < -0.3 is 10.1 Å². The maximum absolute atomic E-state index is 13.8. The zero-order chi connectivity index (χ0) is 23.5. The molecule has 4 rings (SSSR count). The zero-order valence-electron chi connectivity index (χ0n) is 18.1. The predicted molar refractivity (Wildman–Crippen MR) is 127 cm³/mol. The van der Waals surface area contributed by atoms with E-state index in [9.17, 15) is 18.8 Å². The maximum atomic E-state index is 13.8. The Bertz CT molecular complexity index is 1450. The van der Waals surface area contributed by atoms with E-state index in [-0.39, 0.29) is 13.1 Å². The molecule has 0 unspecified atom stereocenters. The number of rotatable bonds is 7.